The van der Waals surface area contributed by atoms with Crippen LogP contribution in [0.4, 0.5) is 0 Å². The van der Waals surface area contributed by atoms with Crippen molar-refractivity contribution in [1.29, 1.82) is 0 Å². The van der Waals surface area contributed by atoms with Gasteiger partial charge in [0.05, 0.1) is 20.6 Å². The molecule has 0 saturated heterocycles. The van der Waals surface area contributed by atoms with Crippen molar-refractivity contribution < 1.29 is 9.53 Å². The Morgan fingerprint density at radius 2 is 2.08 bits per heavy atom. The molecule has 0 radical (unpaired) electrons. The second-order valence-electron chi connectivity index (χ2n) is 5.42. The molecule has 0 fully saturated rings. The Kier molecular flexibility index (Phi) is 3.78. The fourth-order valence-corrected chi connectivity index (χ4v) is 3.82. The molecule has 0 aliphatic heterocycles. The van der Waals surface area contributed by atoms with E-state index < -0.39 is 5.97 Å². The normalized spacial score (nSPS) is 12.2. The van der Waals surface area contributed by atoms with Crippen LogP contribution in [0.1, 0.15) is 12.5 Å². The molecular weight excluding hydrogens is 360 g/mol. The van der Waals surface area contributed by atoms with Gasteiger partial charge < -0.3 is 4.74 Å². The highest BCUT2D eigenvalue weighted by Gasteiger charge is 2.11. The van der Waals surface area contributed by atoms with Gasteiger partial charge in [-0.2, -0.15) is 0 Å². The summed E-state index contributed by atoms with van der Waals surface area (Å²) in [4.78, 5) is 28.9. The molecule has 0 N–H and O–H groups in total. The lowest BCUT2D eigenvalue weighted by atomic mass is 10.2. The molecule has 0 aliphatic carbocycles. The van der Waals surface area contributed by atoms with Gasteiger partial charge in [-0.15, -0.1) is 0 Å². The summed E-state index contributed by atoms with van der Waals surface area (Å²) in [6, 6.07) is 12.5. The van der Waals surface area contributed by atoms with E-state index in [9.17, 15) is 9.59 Å². The highest BCUT2D eigenvalue weighted by molar-refractivity contribution is 7.15. The molecule has 124 valence electrons. The van der Waals surface area contributed by atoms with Crippen LogP contribution >= 0.6 is 22.9 Å². The minimum absolute atomic E-state index is 0.117. The molecule has 2 heterocycles. The smallest absolute Gasteiger partial charge is 0.308 e. The number of fused-ring (bicyclic) bond motifs is 3. The number of rotatable bonds is 2. The van der Waals surface area contributed by atoms with Crippen LogP contribution in [0.3, 0.4) is 0 Å². The lowest BCUT2D eigenvalue weighted by Gasteiger charge is -2.03. The molecule has 0 atom stereocenters. The number of para-hydroxylation sites is 2. The average molecular weight is 371 g/mol. The Hall–Kier alpha value is -2.70. The molecule has 0 amide bonds. The number of hydrogen-bond acceptors (Lipinski definition) is 5. The summed E-state index contributed by atoms with van der Waals surface area (Å²) in [5, 5.41) is 0.309. The van der Waals surface area contributed by atoms with Gasteiger partial charge in [-0.25, -0.2) is 9.38 Å². The number of thiazole rings is 1. The Morgan fingerprint density at radius 3 is 2.84 bits per heavy atom. The van der Waals surface area contributed by atoms with Crippen LogP contribution in [-0.2, 0) is 4.79 Å². The first kappa shape index (κ1) is 15.8. The summed E-state index contributed by atoms with van der Waals surface area (Å²) < 4.78 is 7.17. The van der Waals surface area contributed by atoms with Crippen molar-refractivity contribution in [3.63, 3.8) is 0 Å². The van der Waals surface area contributed by atoms with E-state index in [-0.39, 0.29) is 5.56 Å². The van der Waals surface area contributed by atoms with Crippen LogP contribution in [0.5, 0.6) is 5.75 Å². The molecule has 0 aliphatic rings. The van der Waals surface area contributed by atoms with Gasteiger partial charge in [0.2, 0.25) is 0 Å². The molecule has 4 rings (SSSR count). The first-order valence-electron chi connectivity index (χ1n) is 7.42. The number of halogens is 1. The van der Waals surface area contributed by atoms with Gasteiger partial charge in [-0.05, 0) is 35.9 Å². The third-order valence-corrected chi connectivity index (χ3v) is 4.92. The summed E-state index contributed by atoms with van der Waals surface area (Å²) in [5.74, 6) is -0.146. The van der Waals surface area contributed by atoms with Crippen LogP contribution in [0, 0.1) is 0 Å². The summed E-state index contributed by atoms with van der Waals surface area (Å²) >= 11 is 7.45. The second kappa shape index (κ2) is 5.98. The van der Waals surface area contributed by atoms with Crippen LogP contribution in [-0.4, -0.2) is 15.4 Å². The maximum atomic E-state index is 12.7. The first-order valence-corrected chi connectivity index (χ1v) is 8.62. The van der Waals surface area contributed by atoms with Crippen molar-refractivity contribution in [3.8, 4) is 5.75 Å². The molecular formula is C18H11ClN2O3S. The van der Waals surface area contributed by atoms with E-state index in [0.29, 0.717) is 20.3 Å². The molecule has 0 saturated carbocycles. The molecule has 0 bridgehead atoms. The van der Waals surface area contributed by atoms with Crippen LogP contribution in [0.25, 0.3) is 22.1 Å². The Balaban J connectivity index is 1.84. The van der Waals surface area contributed by atoms with Crippen molar-refractivity contribution in [2.24, 2.45) is 0 Å². The van der Waals surface area contributed by atoms with Gasteiger partial charge in [0.1, 0.15) is 5.75 Å². The summed E-state index contributed by atoms with van der Waals surface area (Å²) in [6.07, 6.45) is 1.75. The SMILES string of the molecule is CC(=O)Oc1ccc(C=c2sc3nc4ccccc4n3c2=O)cc1Cl. The van der Waals surface area contributed by atoms with Crippen LogP contribution in [0.15, 0.2) is 47.3 Å². The predicted molar refractivity (Wildman–Crippen MR) is 98.4 cm³/mol. The van der Waals surface area contributed by atoms with Crippen molar-refractivity contribution >= 4 is 51.0 Å². The number of benzene rings is 2. The van der Waals surface area contributed by atoms with Crippen molar-refractivity contribution in [2.45, 2.75) is 6.92 Å². The quantitative estimate of drug-likeness (QED) is 0.402. The number of imidazole rings is 1. The summed E-state index contributed by atoms with van der Waals surface area (Å²) in [5.41, 5.74) is 2.22. The number of esters is 1. The number of hydrogen-bond donors (Lipinski definition) is 0. The van der Waals surface area contributed by atoms with E-state index in [2.05, 4.69) is 4.98 Å². The van der Waals surface area contributed by atoms with Gasteiger partial charge in [-0.3, -0.25) is 9.59 Å². The van der Waals surface area contributed by atoms with Crippen molar-refractivity contribution in [1.82, 2.24) is 9.38 Å². The van der Waals surface area contributed by atoms with E-state index in [0.717, 1.165) is 16.6 Å². The lowest BCUT2D eigenvalue weighted by Crippen LogP contribution is -2.22. The molecule has 5 nitrogen and oxygen atoms in total. The molecule has 0 spiro atoms. The van der Waals surface area contributed by atoms with Gasteiger partial charge in [0, 0.05) is 6.92 Å². The molecule has 4 aromatic rings. The van der Waals surface area contributed by atoms with E-state index >= 15 is 0 Å². The summed E-state index contributed by atoms with van der Waals surface area (Å²) in [7, 11) is 0. The van der Waals surface area contributed by atoms with Gasteiger partial charge in [0.25, 0.3) is 5.56 Å². The number of ether oxygens (including phenoxy) is 1. The van der Waals surface area contributed by atoms with E-state index in [1.165, 1.54) is 18.3 Å². The number of carbonyl (C=O) groups excluding carboxylic acids is 1. The maximum absolute atomic E-state index is 12.7. The van der Waals surface area contributed by atoms with Crippen LogP contribution in [0.2, 0.25) is 5.02 Å². The fraction of sp³-hybridized carbons (Fsp3) is 0.0556. The Bertz CT molecular complexity index is 1240. The van der Waals surface area contributed by atoms with Gasteiger partial charge in [0.15, 0.2) is 4.96 Å². The second-order valence-corrected chi connectivity index (χ2v) is 6.83. The third kappa shape index (κ3) is 2.79. The minimum atomic E-state index is -0.438. The van der Waals surface area contributed by atoms with Gasteiger partial charge >= 0.3 is 5.97 Å². The highest BCUT2D eigenvalue weighted by atomic mass is 35.5. The monoisotopic (exact) mass is 370 g/mol. The first-order chi connectivity index (χ1) is 12.0. The van der Waals surface area contributed by atoms with E-state index in [4.69, 9.17) is 16.3 Å². The average Bonchev–Trinajstić information content (AvgIpc) is 3.07. The Morgan fingerprint density at radius 1 is 1.28 bits per heavy atom. The highest BCUT2D eigenvalue weighted by Crippen LogP contribution is 2.26. The molecule has 0 unspecified atom stereocenters. The largest absolute Gasteiger partial charge is 0.425 e. The van der Waals surface area contributed by atoms with E-state index in [1.807, 2.05) is 24.3 Å². The predicted octanol–water partition coefficient (Wildman–Crippen LogP) is 3.04. The molecule has 2 aromatic carbocycles. The maximum Gasteiger partial charge on any atom is 0.308 e. The molecule has 7 heteroatoms. The summed E-state index contributed by atoms with van der Waals surface area (Å²) in [6.45, 7) is 1.31. The molecule has 25 heavy (non-hydrogen) atoms. The topological polar surface area (TPSA) is 60.7 Å². The number of aromatic nitrogens is 2. The zero-order chi connectivity index (χ0) is 17.6. The number of carbonyl (C=O) groups is 1. The molecule has 2 aromatic heterocycles. The van der Waals surface area contributed by atoms with Crippen molar-refractivity contribution in [2.75, 3.05) is 0 Å². The van der Waals surface area contributed by atoms with Gasteiger partial charge in [-0.1, -0.05) is 41.1 Å². The lowest BCUT2D eigenvalue weighted by molar-refractivity contribution is -0.131. The Labute approximate surface area is 150 Å². The van der Waals surface area contributed by atoms with Crippen LogP contribution < -0.4 is 14.8 Å². The van der Waals surface area contributed by atoms with Crippen molar-refractivity contribution in [3.05, 3.63) is 67.9 Å². The minimum Gasteiger partial charge on any atom is -0.425 e. The fourth-order valence-electron chi connectivity index (χ4n) is 2.61. The standard InChI is InChI=1S/C18H11ClN2O3S/c1-10(22)24-15-7-6-11(8-12(15)19)9-16-17(23)21-14-5-3-2-4-13(14)20-18(21)25-16/h2-9H,1H3. The number of nitrogens with zero attached hydrogens (tertiary/aromatic N) is 2. The third-order valence-electron chi connectivity index (χ3n) is 3.65. The van der Waals surface area contributed by atoms with E-state index in [1.54, 1.807) is 28.7 Å². The zero-order valence-electron chi connectivity index (χ0n) is 13.0. The zero-order valence-corrected chi connectivity index (χ0v) is 14.6.